The van der Waals surface area contributed by atoms with Gasteiger partial charge in [-0.2, -0.15) is 0 Å². The molecule has 1 aliphatic heterocycles. The van der Waals surface area contributed by atoms with Crippen molar-refractivity contribution in [2.24, 2.45) is 16.8 Å². The molecule has 1 heterocycles. The summed E-state index contributed by atoms with van der Waals surface area (Å²) in [5.41, 5.74) is 7.10. The van der Waals surface area contributed by atoms with Gasteiger partial charge in [0.05, 0.1) is 0 Å². The van der Waals surface area contributed by atoms with Crippen LogP contribution in [0.4, 0.5) is 0 Å². The maximum absolute atomic E-state index is 6.08. The van der Waals surface area contributed by atoms with Crippen LogP contribution in [-0.4, -0.2) is 31.4 Å². The SMILES string of the molecule is CO/N=C1\C[N-]CC1C1(N)CC1. The first-order valence-corrected chi connectivity index (χ1v) is 4.28. The molecule has 0 spiro atoms. The monoisotopic (exact) mass is 168 g/mol. The van der Waals surface area contributed by atoms with E-state index in [0.717, 1.165) is 25.1 Å². The quantitative estimate of drug-likeness (QED) is 0.610. The van der Waals surface area contributed by atoms with E-state index in [2.05, 4.69) is 10.5 Å². The maximum Gasteiger partial charge on any atom is 0.106 e. The molecule has 0 amide bonds. The fraction of sp³-hybridized carbons (Fsp3) is 0.875. The van der Waals surface area contributed by atoms with Crippen LogP contribution in [0, 0.1) is 5.92 Å². The predicted octanol–water partition coefficient (Wildman–Crippen LogP) is 0.484. The molecule has 2 N–H and O–H groups in total. The second kappa shape index (κ2) is 2.71. The minimum atomic E-state index is -0.00262. The first-order valence-electron chi connectivity index (χ1n) is 4.28. The topological polar surface area (TPSA) is 61.7 Å². The van der Waals surface area contributed by atoms with Crippen molar-refractivity contribution in [3.8, 4) is 0 Å². The molecule has 0 aromatic rings. The summed E-state index contributed by atoms with van der Waals surface area (Å²) in [6.07, 6.45) is 2.21. The summed E-state index contributed by atoms with van der Waals surface area (Å²) in [4.78, 5) is 4.75. The highest BCUT2D eigenvalue weighted by Gasteiger charge is 2.46. The van der Waals surface area contributed by atoms with Gasteiger partial charge in [-0.15, -0.1) is 13.1 Å². The van der Waals surface area contributed by atoms with Gasteiger partial charge in [0.1, 0.15) is 7.11 Å². The van der Waals surface area contributed by atoms with E-state index in [0.29, 0.717) is 12.5 Å². The zero-order chi connectivity index (χ0) is 8.60. The van der Waals surface area contributed by atoms with Crippen LogP contribution in [0.25, 0.3) is 5.32 Å². The third-order valence-corrected chi connectivity index (χ3v) is 2.72. The summed E-state index contributed by atoms with van der Waals surface area (Å²) in [6.45, 7) is 1.54. The van der Waals surface area contributed by atoms with Gasteiger partial charge in [0.15, 0.2) is 0 Å². The first-order chi connectivity index (χ1) is 5.76. The minimum absolute atomic E-state index is 0.00262. The normalized spacial score (nSPS) is 35.5. The smallest absolute Gasteiger partial charge is 0.106 e. The van der Waals surface area contributed by atoms with Crippen molar-refractivity contribution in [3.63, 3.8) is 0 Å². The average molecular weight is 168 g/mol. The van der Waals surface area contributed by atoms with Crippen molar-refractivity contribution >= 4 is 5.71 Å². The van der Waals surface area contributed by atoms with Crippen LogP contribution in [-0.2, 0) is 4.84 Å². The lowest BCUT2D eigenvalue weighted by molar-refractivity contribution is 0.210. The van der Waals surface area contributed by atoms with E-state index in [4.69, 9.17) is 10.6 Å². The van der Waals surface area contributed by atoms with Crippen molar-refractivity contribution in [2.75, 3.05) is 20.2 Å². The Bertz CT molecular complexity index is 210. The van der Waals surface area contributed by atoms with E-state index in [1.165, 1.54) is 0 Å². The molecule has 68 valence electrons. The van der Waals surface area contributed by atoms with Crippen LogP contribution in [0.5, 0.6) is 0 Å². The van der Waals surface area contributed by atoms with E-state index >= 15 is 0 Å². The third kappa shape index (κ3) is 1.21. The number of rotatable bonds is 2. The van der Waals surface area contributed by atoms with Gasteiger partial charge in [-0.3, -0.25) is 0 Å². The molecular formula is C8H14N3O-. The zero-order valence-corrected chi connectivity index (χ0v) is 7.29. The zero-order valence-electron chi connectivity index (χ0n) is 7.29. The second-order valence-corrected chi connectivity index (χ2v) is 3.62. The van der Waals surface area contributed by atoms with Gasteiger partial charge < -0.3 is 15.9 Å². The van der Waals surface area contributed by atoms with E-state index < -0.39 is 0 Å². The third-order valence-electron chi connectivity index (χ3n) is 2.72. The van der Waals surface area contributed by atoms with Crippen molar-refractivity contribution in [1.82, 2.24) is 0 Å². The Morgan fingerprint density at radius 2 is 2.42 bits per heavy atom. The Morgan fingerprint density at radius 3 is 3.00 bits per heavy atom. The number of hydrogen-bond donors (Lipinski definition) is 1. The van der Waals surface area contributed by atoms with Gasteiger partial charge in [0.25, 0.3) is 0 Å². The molecule has 12 heavy (non-hydrogen) atoms. The molecule has 2 aliphatic rings. The number of nitrogens with zero attached hydrogens (tertiary/aromatic N) is 2. The molecule has 0 bridgehead atoms. The standard InChI is InChI=1S/C8H14N3O/c1-12-11-7-5-10-4-6(7)8(9)2-3-8/h6H,2-5,9H2,1H3/q-1/b11-7+. The Balaban J connectivity index is 2.09. The van der Waals surface area contributed by atoms with Crippen LogP contribution >= 0.6 is 0 Å². The molecule has 2 fully saturated rings. The van der Waals surface area contributed by atoms with Gasteiger partial charge in [-0.1, -0.05) is 5.16 Å². The highest BCUT2D eigenvalue weighted by molar-refractivity contribution is 5.94. The van der Waals surface area contributed by atoms with Crippen molar-refractivity contribution in [2.45, 2.75) is 18.4 Å². The second-order valence-electron chi connectivity index (χ2n) is 3.62. The summed E-state index contributed by atoms with van der Waals surface area (Å²) >= 11 is 0. The Kier molecular flexibility index (Phi) is 1.81. The molecule has 4 nitrogen and oxygen atoms in total. The Hall–Kier alpha value is -0.610. The van der Waals surface area contributed by atoms with Crippen LogP contribution < -0.4 is 5.73 Å². The Morgan fingerprint density at radius 1 is 1.67 bits per heavy atom. The molecule has 1 unspecified atom stereocenters. The number of oxime groups is 1. The molecule has 1 saturated carbocycles. The highest BCUT2D eigenvalue weighted by atomic mass is 16.6. The molecule has 1 atom stereocenters. The lowest BCUT2D eigenvalue weighted by Crippen LogP contribution is -2.37. The average Bonchev–Trinajstić information content (AvgIpc) is 2.64. The van der Waals surface area contributed by atoms with Crippen molar-refractivity contribution in [1.29, 1.82) is 0 Å². The molecule has 0 radical (unpaired) electrons. The fourth-order valence-electron chi connectivity index (χ4n) is 1.74. The predicted molar refractivity (Wildman–Crippen MR) is 47.2 cm³/mol. The lowest BCUT2D eigenvalue weighted by atomic mass is 9.96. The molecular weight excluding hydrogens is 154 g/mol. The first kappa shape index (κ1) is 8.01. The van der Waals surface area contributed by atoms with Gasteiger partial charge in [0, 0.05) is 11.3 Å². The molecule has 1 saturated heterocycles. The van der Waals surface area contributed by atoms with Crippen molar-refractivity contribution in [3.05, 3.63) is 5.32 Å². The highest BCUT2D eigenvalue weighted by Crippen LogP contribution is 2.43. The van der Waals surface area contributed by atoms with Gasteiger partial charge in [-0.25, -0.2) is 0 Å². The van der Waals surface area contributed by atoms with Crippen LogP contribution in [0.15, 0.2) is 5.16 Å². The van der Waals surface area contributed by atoms with E-state index in [9.17, 15) is 0 Å². The van der Waals surface area contributed by atoms with Gasteiger partial charge >= 0.3 is 0 Å². The number of hydrogen-bond acceptors (Lipinski definition) is 3. The van der Waals surface area contributed by atoms with Crippen LogP contribution in [0.2, 0.25) is 0 Å². The molecule has 2 rings (SSSR count). The molecule has 4 heteroatoms. The summed E-state index contributed by atoms with van der Waals surface area (Å²) in [5.74, 6) is 0.345. The summed E-state index contributed by atoms with van der Waals surface area (Å²) < 4.78 is 0. The summed E-state index contributed by atoms with van der Waals surface area (Å²) in [7, 11) is 1.57. The van der Waals surface area contributed by atoms with Crippen LogP contribution in [0.1, 0.15) is 12.8 Å². The van der Waals surface area contributed by atoms with Gasteiger partial charge in [0.2, 0.25) is 0 Å². The minimum Gasteiger partial charge on any atom is -0.657 e. The van der Waals surface area contributed by atoms with E-state index in [-0.39, 0.29) is 5.54 Å². The molecule has 0 aromatic carbocycles. The van der Waals surface area contributed by atoms with E-state index in [1.807, 2.05) is 0 Å². The van der Waals surface area contributed by atoms with E-state index in [1.54, 1.807) is 7.11 Å². The Labute approximate surface area is 72.1 Å². The molecule has 1 aliphatic carbocycles. The molecule has 0 aromatic heterocycles. The van der Waals surface area contributed by atoms with Gasteiger partial charge in [-0.05, 0) is 18.8 Å². The summed E-state index contributed by atoms with van der Waals surface area (Å²) in [6, 6.07) is 0. The summed E-state index contributed by atoms with van der Waals surface area (Å²) in [5, 5.41) is 8.23. The largest absolute Gasteiger partial charge is 0.657 e. The van der Waals surface area contributed by atoms with Crippen molar-refractivity contribution < 1.29 is 4.84 Å². The van der Waals surface area contributed by atoms with Crippen LogP contribution in [0.3, 0.4) is 0 Å². The fourth-order valence-corrected chi connectivity index (χ4v) is 1.74. The number of nitrogens with two attached hydrogens (primary N) is 1. The maximum atomic E-state index is 6.08. The lowest BCUT2D eigenvalue weighted by Gasteiger charge is -2.20.